The van der Waals surface area contributed by atoms with E-state index >= 15 is 0 Å². The summed E-state index contributed by atoms with van der Waals surface area (Å²) in [5.74, 6) is -0.209. The molecule has 0 spiro atoms. The Balaban J connectivity index is 1.57. The van der Waals surface area contributed by atoms with Crippen molar-refractivity contribution in [3.63, 3.8) is 0 Å². The number of aryl methyl sites for hydroxylation is 1. The van der Waals surface area contributed by atoms with Gasteiger partial charge in [-0.25, -0.2) is 0 Å². The summed E-state index contributed by atoms with van der Waals surface area (Å²) in [5, 5.41) is 10.1. The minimum atomic E-state index is -1.02. The van der Waals surface area contributed by atoms with E-state index in [2.05, 4.69) is 11.1 Å². The number of hydrogen-bond donors (Lipinski definition) is 2. The van der Waals surface area contributed by atoms with E-state index in [1.54, 1.807) is 18.9 Å². The number of benzene rings is 1. The highest BCUT2D eigenvalue weighted by molar-refractivity contribution is 5.98. The Labute approximate surface area is 167 Å². The maximum atomic E-state index is 13.0. The molecule has 3 heterocycles. The van der Waals surface area contributed by atoms with Crippen molar-refractivity contribution in [2.24, 2.45) is 0 Å². The molecule has 1 aliphatic rings. The Bertz CT molecular complexity index is 1120. The minimum Gasteiger partial charge on any atom is -0.497 e. The highest BCUT2D eigenvalue weighted by Gasteiger charge is 2.26. The number of carboxylic acid groups (broad SMARTS) is 1. The first-order valence-corrected chi connectivity index (χ1v) is 9.40. The van der Waals surface area contributed by atoms with E-state index in [9.17, 15) is 9.59 Å². The summed E-state index contributed by atoms with van der Waals surface area (Å²) in [5.41, 5.74) is 4.33. The third-order valence-electron chi connectivity index (χ3n) is 5.31. The van der Waals surface area contributed by atoms with Crippen molar-refractivity contribution in [1.82, 2.24) is 9.88 Å². The molecular formula is C22H22N2O5. The number of nitrogens with zero attached hydrogens (tertiary/aromatic N) is 1. The van der Waals surface area contributed by atoms with Gasteiger partial charge in [0.2, 0.25) is 0 Å². The van der Waals surface area contributed by atoms with Crippen molar-refractivity contribution >= 4 is 28.4 Å². The zero-order valence-electron chi connectivity index (χ0n) is 16.3. The molecule has 0 aliphatic carbocycles. The zero-order valence-corrected chi connectivity index (χ0v) is 16.3. The van der Waals surface area contributed by atoms with E-state index in [0.29, 0.717) is 30.6 Å². The first kappa shape index (κ1) is 18.9. The molecule has 0 saturated heterocycles. The van der Waals surface area contributed by atoms with E-state index in [4.69, 9.17) is 14.3 Å². The molecule has 1 amide bonds. The number of aromatic nitrogens is 1. The van der Waals surface area contributed by atoms with Gasteiger partial charge in [0.25, 0.3) is 5.91 Å². The van der Waals surface area contributed by atoms with Gasteiger partial charge in [-0.2, -0.15) is 0 Å². The lowest BCUT2D eigenvalue weighted by Gasteiger charge is -2.26. The molecule has 150 valence electrons. The number of ether oxygens (including phenoxy) is 1. The average molecular weight is 394 g/mol. The van der Waals surface area contributed by atoms with Gasteiger partial charge in [-0.05, 0) is 37.1 Å². The van der Waals surface area contributed by atoms with Crippen LogP contribution in [0.2, 0.25) is 0 Å². The summed E-state index contributed by atoms with van der Waals surface area (Å²) in [6, 6.07) is 5.91. The fraction of sp³-hybridized carbons (Fsp3) is 0.273. The summed E-state index contributed by atoms with van der Waals surface area (Å²) >= 11 is 0. The number of carbonyl (C=O) groups is 2. The molecular weight excluding hydrogens is 372 g/mol. The molecule has 2 aromatic heterocycles. The number of hydrogen-bond acceptors (Lipinski definition) is 4. The van der Waals surface area contributed by atoms with Crippen LogP contribution in [0.4, 0.5) is 0 Å². The number of furan rings is 1. The van der Waals surface area contributed by atoms with Gasteiger partial charge < -0.3 is 24.1 Å². The van der Waals surface area contributed by atoms with Crippen LogP contribution < -0.4 is 4.74 Å². The lowest BCUT2D eigenvalue weighted by atomic mass is 9.98. The number of carboxylic acids is 1. The Morgan fingerprint density at radius 3 is 2.86 bits per heavy atom. The molecule has 1 aliphatic heterocycles. The van der Waals surface area contributed by atoms with Crippen molar-refractivity contribution in [3.05, 3.63) is 59.2 Å². The quantitative estimate of drug-likeness (QED) is 0.689. The number of aromatic amines is 1. The minimum absolute atomic E-state index is 0.191. The van der Waals surface area contributed by atoms with Gasteiger partial charge in [0.1, 0.15) is 17.9 Å². The smallest absolute Gasteiger partial charge is 0.311 e. The highest BCUT2D eigenvalue weighted by Crippen LogP contribution is 2.32. The van der Waals surface area contributed by atoms with E-state index in [1.807, 2.05) is 24.4 Å². The van der Waals surface area contributed by atoms with Crippen molar-refractivity contribution in [2.75, 3.05) is 20.2 Å². The highest BCUT2D eigenvalue weighted by atomic mass is 16.5. The zero-order chi connectivity index (χ0) is 20.5. The molecule has 0 bridgehead atoms. The Morgan fingerprint density at radius 1 is 1.34 bits per heavy atom. The number of rotatable bonds is 5. The van der Waals surface area contributed by atoms with Crippen LogP contribution in [-0.4, -0.2) is 47.1 Å². The van der Waals surface area contributed by atoms with Crippen molar-refractivity contribution in [1.29, 1.82) is 0 Å². The molecule has 1 aromatic carbocycles. The van der Waals surface area contributed by atoms with Crippen LogP contribution in [0.15, 0.2) is 41.2 Å². The third kappa shape index (κ3) is 3.51. The van der Waals surface area contributed by atoms with Crippen LogP contribution in [0.5, 0.6) is 5.75 Å². The van der Waals surface area contributed by atoms with Crippen LogP contribution >= 0.6 is 0 Å². The fourth-order valence-corrected chi connectivity index (χ4v) is 3.80. The van der Waals surface area contributed by atoms with Crippen LogP contribution in [0.3, 0.4) is 0 Å². The first-order valence-electron chi connectivity index (χ1n) is 9.40. The number of amides is 1. The van der Waals surface area contributed by atoms with E-state index < -0.39 is 5.97 Å². The number of aliphatic carboxylic acids is 1. The molecule has 3 aromatic rings. The molecule has 7 heteroatoms. The Morgan fingerprint density at radius 2 is 2.17 bits per heavy atom. The fourth-order valence-electron chi connectivity index (χ4n) is 3.80. The van der Waals surface area contributed by atoms with Gasteiger partial charge >= 0.3 is 5.97 Å². The van der Waals surface area contributed by atoms with E-state index in [-0.39, 0.29) is 18.1 Å². The van der Waals surface area contributed by atoms with Gasteiger partial charge in [0.05, 0.1) is 18.9 Å². The summed E-state index contributed by atoms with van der Waals surface area (Å²) in [7, 11) is 1.65. The van der Waals surface area contributed by atoms with Gasteiger partial charge in [0, 0.05) is 41.3 Å². The maximum Gasteiger partial charge on any atom is 0.311 e. The molecule has 7 nitrogen and oxygen atoms in total. The second kappa shape index (κ2) is 7.50. The number of H-pyrrole nitrogens is 1. The summed E-state index contributed by atoms with van der Waals surface area (Å²) in [6.07, 6.45) is 5.88. The number of nitrogens with one attached hydrogen (secondary N) is 1. The van der Waals surface area contributed by atoms with Gasteiger partial charge in [-0.1, -0.05) is 6.08 Å². The average Bonchev–Trinajstić information content (AvgIpc) is 3.30. The van der Waals surface area contributed by atoms with Gasteiger partial charge in [-0.3, -0.25) is 9.59 Å². The molecule has 0 saturated carbocycles. The second-order valence-electron chi connectivity index (χ2n) is 7.13. The van der Waals surface area contributed by atoms with Gasteiger partial charge in [-0.15, -0.1) is 0 Å². The topological polar surface area (TPSA) is 95.8 Å². The summed E-state index contributed by atoms with van der Waals surface area (Å²) in [6.45, 7) is 2.77. The number of methoxy groups -OCH3 is 1. The monoisotopic (exact) mass is 394 g/mol. The standard InChI is InChI=1S/C22H22N2O5/c1-13-12-29-19(10-20(25)26)21(13)22(27)24-7-5-14(6-8-24)17-11-23-18-4-3-15(28-2)9-16(17)18/h3-5,9,11-12,23H,6-8,10H2,1-2H3,(H,25,26). The van der Waals surface area contributed by atoms with Gasteiger partial charge in [0.15, 0.2) is 0 Å². The first-order chi connectivity index (χ1) is 14.0. The van der Waals surface area contributed by atoms with Crippen LogP contribution in [0.1, 0.15) is 33.7 Å². The predicted molar refractivity (Wildman–Crippen MR) is 108 cm³/mol. The molecule has 0 unspecified atom stereocenters. The lowest BCUT2D eigenvalue weighted by molar-refractivity contribution is -0.136. The van der Waals surface area contributed by atoms with E-state index in [0.717, 1.165) is 22.2 Å². The molecule has 29 heavy (non-hydrogen) atoms. The Hall–Kier alpha value is -3.48. The second-order valence-corrected chi connectivity index (χ2v) is 7.13. The van der Waals surface area contributed by atoms with Crippen molar-refractivity contribution in [2.45, 2.75) is 19.8 Å². The maximum absolute atomic E-state index is 13.0. The molecule has 0 radical (unpaired) electrons. The SMILES string of the molecule is COc1ccc2[nH]cc(C3=CCN(C(=O)c4c(C)coc4CC(=O)O)CC3)c2c1. The molecule has 4 rings (SSSR count). The number of fused-ring (bicyclic) bond motifs is 1. The summed E-state index contributed by atoms with van der Waals surface area (Å²) < 4.78 is 10.6. The lowest BCUT2D eigenvalue weighted by Crippen LogP contribution is -2.35. The van der Waals surface area contributed by atoms with Crippen LogP contribution in [-0.2, 0) is 11.2 Å². The van der Waals surface area contributed by atoms with Crippen LogP contribution in [0, 0.1) is 6.92 Å². The molecule has 2 N–H and O–H groups in total. The van der Waals surface area contributed by atoms with Crippen molar-refractivity contribution < 1.29 is 23.8 Å². The largest absolute Gasteiger partial charge is 0.497 e. The van der Waals surface area contributed by atoms with Crippen LogP contribution in [0.25, 0.3) is 16.5 Å². The third-order valence-corrected chi connectivity index (χ3v) is 5.31. The molecule has 0 fully saturated rings. The summed E-state index contributed by atoms with van der Waals surface area (Å²) in [4.78, 5) is 29.0. The van der Waals surface area contributed by atoms with Crippen molar-refractivity contribution in [3.8, 4) is 5.75 Å². The normalized spacial score (nSPS) is 14.1. The Kier molecular flexibility index (Phi) is 4.88. The molecule has 0 atom stereocenters. The van der Waals surface area contributed by atoms with E-state index in [1.165, 1.54) is 11.8 Å². The number of carbonyl (C=O) groups excluding carboxylic acids is 1. The predicted octanol–water partition coefficient (Wildman–Crippen LogP) is 3.63.